The molecule has 0 amide bonds. The van der Waals surface area contributed by atoms with E-state index in [0.29, 0.717) is 5.82 Å². The highest BCUT2D eigenvalue weighted by molar-refractivity contribution is 6.13. The van der Waals surface area contributed by atoms with E-state index in [2.05, 4.69) is 206 Å². The summed E-state index contributed by atoms with van der Waals surface area (Å²) >= 11 is 0. The summed E-state index contributed by atoms with van der Waals surface area (Å²) in [6, 6.07) is 72.5. The number of nitrogens with zero attached hydrogens (tertiary/aromatic N) is 3. The average Bonchev–Trinajstić information content (AvgIpc) is 3.76. The van der Waals surface area contributed by atoms with Gasteiger partial charge in [-0.1, -0.05) is 178 Å². The van der Waals surface area contributed by atoms with Crippen LogP contribution < -0.4 is 0 Å². The highest BCUT2D eigenvalue weighted by Gasteiger charge is 2.36. The minimum atomic E-state index is -0.0608. The molecule has 0 radical (unpaired) electrons. The Morgan fingerprint density at radius 2 is 1.07 bits per heavy atom. The molecule has 0 bridgehead atoms. The van der Waals surface area contributed by atoms with Crippen LogP contribution in [0.25, 0.3) is 105 Å². The van der Waals surface area contributed by atoms with Crippen molar-refractivity contribution in [3.05, 3.63) is 211 Å². The first kappa shape index (κ1) is 34.4. The molecule has 60 heavy (non-hydrogen) atoms. The van der Waals surface area contributed by atoms with Crippen LogP contribution in [0, 0.1) is 0 Å². The van der Waals surface area contributed by atoms with Crippen LogP contribution in [-0.2, 0) is 5.41 Å². The van der Waals surface area contributed by atoms with Gasteiger partial charge in [-0.15, -0.1) is 0 Å². The van der Waals surface area contributed by atoms with E-state index in [4.69, 9.17) is 9.97 Å². The van der Waals surface area contributed by atoms with Gasteiger partial charge in [-0.25, -0.2) is 9.97 Å². The Morgan fingerprint density at radius 1 is 0.400 bits per heavy atom. The van der Waals surface area contributed by atoms with E-state index in [0.717, 1.165) is 38.9 Å². The number of benzene rings is 9. The Kier molecular flexibility index (Phi) is 7.58. The van der Waals surface area contributed by atoms with Crippen molar-refractivity contribution in [2.75, 3.05) is 0 Å². The summed E-state index contributed by atoms with van der Waals surface area (Å²) in [7, 11) is 0. The SMILES string of the molecule is CC1(C)c2ccccc2-c2c(-c3ccc4c(c3)c3ccc(-c5cccc(-c6nc(-c7ccccc7)c7ccccc7n6)c5)cc3n4-c3cccc4ccccc34)cccc21. The number of aromatic nitrogens is 3. The van der Waals surface area contributed by atoms with E-state index in [1.807, 2.05) is 12.1 Å². The number of hydrogen-bond acceptors (Lipinski definition) is 2. The third kappa shape index (κ3) is 5.22. The third-order valence-electron chi connectivity index (χ3n) is 12.8. The summed E-state index contributed by atoms with van der Waals surface area (Å²) in [5, 5.41) is 5.94. The molecule has 1 aliphatic carbocycles. The summed E-state index contributed by atoms with van der Waals surface area (Å²) < 4.78 is 2.47. The topological polar surface area (TPSA) is 30.7 Å². The molecule has 0 fully saturated rings. The van der Waals surface area contributed by atoms with Crippen LogP contribution in [0.15, 0.2) is 200 Å². The predicted molar refractivity (Wildman–Crippen MR) is 251 cm³/mol. The van der Waals surface area contributed by atoms with Crippen LogP contribution >= 0.6 is 0 Å². The van der Waals surface area contributed by atoms with Crippen LogP contribution in [0.1, 0.15) is 25.0 Å². The molecule has 3 heteroatoms. The standard InChI is InChI=1S/C57H39N3/c1-57(2)48-25-10-8-22-45(48)54-43(24-14-26-49(54)57)40-30-32-52-47(34-40)44-31-29-39(35-53(44)60(52)51-28-13-18-36-15-6-7-21-42(36)51)38-19-12-20-41(33-38)56-58-50-27-11-9-23-46(50)55(59-56)37-16-4-3-5-17-37/h3-35H,1-2H3. The van der Waals surface area contributed by atoms with Crippen molar-refractivity contribution in [2.45, 2.75) is 19.3 Å². The predicted octanol–water partition coefficient (Wildman–Crippen LogP) is 14.9. The van der Waals surface area contributed by atoms with E-state index in [9.17, 15) is 0 Å². The van der Waals surface area contributed by atoms with Gasteiger partial charge in [0.2, 0.25) is 0 Å². The molecule has 11 aromatic rings. The van der Waals surface area contributed by atoms with Crippen molar-refractivity contribution in [1.29, 1.82) is 0 Å². The van der Waals surface area contributed by atoms with Gasteiger partial charge < -0.3 is 4.57 Å². The third-order valence-corrected chi connectivity index (χ3v) is 12.8. The monoisotopic (exact) mass is 765 g/mol. The highest BCUT2D eigenvalue weighted by atomic mass is 15.0. The maximum atomic E-state index is 5.20. The summed E-state index contributed by atoms with van der Waals surface area (Å²) in [5.41, 5.74) is 17.6. The molecule has 12 rings (SSSR count). The molecule has 2 aromatic heterocycles. The van der Waals surface area contributed by atoms with Gasteiger partial charge in [-0.05, 0) is 86.3 Å². The first-order valence-electron chi connectivity index (χ1n) is 20.7. The zero-order valence-electron chi connectivity index (χ0n) is 33.4. The average molecular weight is 766 g/mol. The molecule has 0 aliphatic heterocycles. The lowest BCUT2D eigenvalue weighted by molar-refractivity contribution is 0.660. The second kappa shape index (κ2) is 13.2. The second-order valence-corrected chi connectivity index (χ2v) is 16.6. The van der Waals surface area contributed by atoms with Crippen molar-refractivity contribution in [2.24, 2.45) is 0 Å². The second-order valence-electron chi connectivity index (χ2n) is 16.6. The molecule has 0 N–H and O–H groups in total. The lowest BCUT2D eigenvalue weighted by atomic mass is 9.82. The Hall–Kier alpha value is -7.62. The van der Waals surface area contributed by atoms with Gasteiger partial charge in [0.15, 0.2) is 5.82 Å². The van der Waals surface area contributed by atoms with Crippen molar-refractivity contribution in [1.82, 2.24) is 14.5 Å². The van der Waals surface area contributed by atoms with Gasteiger partial charge in [0, 0.05) is 38.1 Å². The Morgan fingerprint density at radius 3 is 1.98 bits per heavy atom. The molecule has 0 saturated carbocycles. The Bertz CT molecular complexity index is 3510. The van der Waals surface area contributed by atoms with Gasteiger partial charge in [-0.2, -0.15) is 0 Å². The molecule has 9 aromatic carbocycles. The molecular weight excluding hydrogens is 727 g/mol. The first-order valence-corrected chi connectivity index (χ1v) is 20.7. The van der Waals surface area contributed by atoms with Gasteiger partial charge in [-0.3, -0.25) is 0 Å². The van der Waals surface area contributed by atoms with E-state index >= 15 is 0 Å². The first-order chi connectivity index (χ1) is 29.5. The molecule has 3 nitrogen and oxygen atoms in total. The number of hydrogen-bond donors (Lipinski definition) is 0. The minimum absolute atomic E-state index is 0.0608. The number of rotatable bonds is 5. The van der Waals surface area contributed by atoms with Crippen molar-refractivity contribution in [3.8, 4) is 61.7 Å². The Balaban J connectivity index is 1.05. The van der Waals surface area contributed by atoms with Gasteiger partial charge in [0.1, 0.15) is 0 Å². The van der Waals surface area contributed by atoms with Gasteiger partial charge in [0.05, 0.1) is 27.9 Å². The van der Waals surface area contributed by atoms with E-state index in [-0.39, 0.29) is 5.41 Å². The fraction of sp³-hybridized carbons (Fsp3) is 0.0526. The largest absolute Gasteiger partial charge is 0.309 e. The highest BCUT2D eigenvalue weighted by Crippen LogP contribution is 2.52. The maximum absolute atomic E-state index is 5.20. The van der Waals surface area contributed by atoms with Crippen molar-refractivity contribution >= 4 is 43.5 Å². The Labute approximate surface area is 348 Å². The normalized spacial score (nSPS) is 13.0. The molecule has 0 atom stereocenters. The maximum Gasteiger partial charge on any atom is 0.160 e. The van der Waals surface area contributed by atoms with Crippen molar-refractivity contribution < 1.29 is 0 Å². The molecule has 0 unspecified atom stereocenters. The van der Waals surface area contributed by atoms with Crippen LogP contribution in [0.2, 0.25) is 0 Å². The van der Waals surface area contributed by atoms with E-state index < -0.39 is 0 Å². The molecule has 2 heterocycles. The van der Waals surface area contributed by atoms with Crippen LogP contribution in [-0.4, -0.2) is 14.5 Å². The minimum Gasteiger partial charge on any atom is -0.309 e. The number of fused-ring (bicyclic) bond motifs is 8. The molecule has 282 valence electrons. The fourth-order valence-electron chi connectivity index (χ4n) is 9.89. The van der Waals surface area contributed by atoms with Crippen LogP contribution in [0.3, 0.4) is 0 Å². The van der Waals surface area contributed by atoms with Crippen LogP contribution in [0.5, 0.6) is 0 Å². The summed E-state index contributed by atoms with van der Waals surface area (Å²) in [6.45, 7) is 4.71. The summed E-state index contributed by atoms with van der Waals surface area (Å²) in [6.07, 6.45) is 0. The zero-order valence-corrected chi connectivity index (χ0v) is 33.4. The van der Waals surface area contributed by atoms with E-state index in [1.165, 1.54) is 71.6 Å². The van der Waals surface area contributed by atoms with Crippen LogP contribution in [0.4, 0.5) is 0 Å². The smallest absolute Gasteiger partial charge is 0.160 e. The molecular formula is C57H39N3. The molecule has 1 aliphatic rings. The summed E-state index contributed by atoms with van der Waals surface area (Å²) in [4.78, 5) is 10.3. The van der Waals surface area contributed by atoms with Gasteiger partial charge >= 0.3 is 0 Å². The lowest BCUT2D eigenvalue weighted by Gasteiger charge is -2.21. The molecule has 0 spiro atoms. The fourth-order valence-corrected chi connectivity index (χ4v) is 9.89. The zero-order chi connectivity index (χ0) is 40.0. The van der Waals surface area contributed by atoms with Crippen molar-refractivity contribution in [3.63, 3.8) is 0 Å². The lowest BCUT2D eigenvalue weighted by Crippen LogP contribution is -2.14. The molecule has 0 saturated heterocycles. The quantitative estimate of drug-likeness (QED) is 0.175. The summed E-state index contributed by atoms with van der Waals surface area (Å²) in [5.74, 6) is 0.714. The number of para-hydroxylation sites is 1. The van der Waals surface area contributed by atoms with E-state index in [1.54, 1.807) is 0 Å². The van der Waals surface area contributed by atoms with Gasteiger partial charge in [0.25, 0.3) is 0 Å².